The number of pyridine rings is 1. The van der Waals surface area contributed by atoms with E-state index in [2.05, 4.69) is 15.0 Å². The highest BCUT2D eigenvalue weighted by Crippen LogP contribution is 2.22. The molecule has 0 amide bonds. The maximum atomic E-state index is 11.6. The highest BCUT2D eigenvalue weighted by Gasteiger charge is 2.09. The van der Waals surface area contributed by atoms with E-state index >= 15 is 0 Å². The molecular formula is C14H19N3O2S. The molecule has 2 N–H and O–H groups in total. The Morgan fingerprint density at radius 1 is 1.25 bits per heavy atom. The van der Waals surface area contributed by atoms with Gasteiger partial charge in [-0.25, -0.2) is 13.1 Å². The van der Waals surface area contributed by atoms with Crippen molar-refractivity contribution in [2.75, 3.05) is 24.2 Å². The average Bonchev–Trinajstić information content (AvgIpc) is 2.38. The number of benzene rings is 1. The third-order valence-corrected chi connectivity index (χ3v) is 4.36. The SMILES string of the molecule is CCNS(=O)(=O)CCNc1cc(C)nc2ccccc12. The summed E-state index contributed by atoms with van der Waals surface area (Å²) in [4.78, 5) is 4.45. The summed E-state index contributed by atoms with van der Waals surface area (Å²) < 4.78 is 25.7. The van der Waals surface area contributed by atoms with E-state index in [0.29, 0.717) is 13.1 Å². The minimum atomic E-state index is -3.19. The van der Waals surface area contributed by atoms with Gasteiger partial charge in [0.1, 0.15) is 0 Å². The standard InChI is InChI=1S/C14H19N3O2S/c1-3-16-20(18,19)9-8-15-14-10-11(2)17-13-7-5-4-6-12(13)14/h4-7,10,16H,3,8-9H2,1-2H3,(H,15,17). The first-order valence-electron chi connectivity index (χ1n) is 6.59. The molecule has 0 bridgehead atoms. The van der Waals surface area contributed by atoms with Crippen LogP contribution in [0.4, 0.5) is 5.69 Å². The van der Waals surface area contributed by atoms with Crippen LogP contribution in [0.3, 0.4) is 0 Å². The Hall–Kier alpha value is -1.66. The number of hydrogen-bond acceptors (Lipinski definition) is 4. The Morgan fingerprint density at radius 2 is 2.00 bits per heavy atom. The van der Waals surface area contributed by atoms with Crippen molar-refractivity contribution < 1.29 is 8.42 Å². The van der Waals surface area contributed by atoms with Gasteiger partial charge in [-0.3, -0.25) is 4.98 Å². The van der Waals surface area contributed by atoms with E-state index in [1.165, 1.54) is 0 Å². The number of aromatic nitrogens is 1. The molecule has 5 nitrogen and oxygen atoms in total. The van der Waals surface area contributed by atoms with Gasteiger partial charge in [0, 0.05) is 29.9 Å². The lowest BCUT2D eigenvalue weighted by Gasteiger charge is -2.11. The smallest absolute Gasteiger partial charge is 0.213 e. The van der Waals surface area contributed by atoms with Gasteiger partial charge in [0.05, 0.1) is 11.3 Å². The number of anilines is 1. The molecule has 20 heavy (non-hydrogen) atoms. The highest BCUT2D eigenvalue weighted by atomic mass is 32.2. The quantitative estimate of drug-likeness (QED) is 0.853. The zero-order chi connectivity index (χ0) is 14.6. The molecular weight excluding hydrogens is 274 g/mol. The van der Waals surface area contributed by atoms with Gasteiger partial charge in [-0.2, -0.15) is 0 Å². The predicted molar refractivity (Wildman–Crippen MR) is 82.4 cm³/mol. The minimum Gasteiger partial charge on any atom is -0.383 e. The number of fused-ring (bicyclic) bond motifs is 1. The van der Waals surface area contributed by atoms with Gasteiger partial charge >= 0.3 is 0 Å². The van der Waals surface area contributed by atoms with Gasteiger partial charge in [0.15, 0.2) is 0 Å². The molecule has 6 heteroatoms. The van der Waals surface area contributed by atoms with Gasteiger partial charge in [-0.15, -0.1) is 0 Å². The lowest BCUT2D eigenvalue weighted by molar-refractivity contribution is 0.584. The van der Waals surface area contributed by atoms with Crippen LogP contribution < -0.4 is 10.0 Å². The van der Waals surface area contributed by atoms with E-state index in [0.717, 1.165) is 22.3 Å². The largest absolute Gasteiger partial charge is 0.383 e. The fourth-order valence-electron chi connectivity index (χ4n) is 2.07. The summed E-state index contributed by atoms with van der Waals surface area (Å²) in [7, 11) is -3.19. The van der Waals surface area contributed by atoms with Crippen LogP contribution in [0, 0.1) is 6.92 Å². The first kappa shape index (κ1) is 14.7. The number of sulfonamides is 1. The molecule has 0 aliphatic carbocycles. The number of rotatable bonds is 6. The van der Waals surface area contributed by atoms with Crippen molar-refractivity contribution in [1.82, 2.24) is 9.71 Å². The van der Waals surface area contributed by atoms with Crippen LogP contribution in [0.2, 0.25) is 0 Å². The van der Waals surface area contributed by atoms with Gasteiger partial charge in [0.2, 0.25) is 10.0 Å². The maximum absolute atomic E-state index is 11.6. The topological polar surface area (TPSA) is 71.1 Å². The molecule has 0 fully saturated rings. The van der Waals surface area contributed by atoms with E-state index in [1.54, 1.807) is 6.92 Å². The average molecular weight is 293 g/mol. The fourth-order valence-corrected chi connectivity index (χ4v) is 3.02. The summed E-state index contributed by atoms with van der Waals surface area (Å²) in [6.45, 7) is 4.47. The maximum Gasteiger partial charge on any atom is 0.213 e. The third kappa shape index (κ3) is 3.68. The summed E-state index contributed by atoms with van der Waals surface area (Å²) in [5, 5.41) is 4.18. The normalized spacial score (nSPS) is 11.7. The molecule has 0 saturated carbocycles. The van der Waals surface area contributed by atoms with Crippen LogP contribution in [0.15, 0.2) is 30.3 Å². The Morgan fingerprint density at radius 3 is 2.75 bits per heavy atom. The molecule has 0 saturated heterocycles. The summed E-state index contributed by atoms with van der Waals surface area (Å²) in [6.07, 6.45) is 0. The van der Waals surface area contributed by atoms with Crippen molar-refractivity contribution in [2.45, 2.75) is 13.8 Å². The van der Waals surface area contributed by atoms with Crippen molar-refractivity contribution >= 4 is 26.6 Å². The number of hydrogen-bond donors (Lipinski definition) is 2. The first-order valence-corrected chi connectivity index (χ1v) is 8.24. The van der Waals surface area contributed by atoms with Crippen molar-refractivity contribution in [3.8, 4) is 0 Å². The number of para-hydroxylation sites is 1. The Kier molecular flexibility index (Phi) is 4.57. The Balaban J connectivity index is 2.14. The summed E-state index contributed by atoms with van der Waals surface area (Å²) in [6, 6.07) is 9.74. The zero-order valence-corrected chi connectivity index (χ0v) is 12.5. The van der Waals surface area contributed by atoms with Crippen LogP contribution >= 0.6 is 0 Å². The van der Waals surface area contributed by atoms with Gasteiger partial charge in [-0.05, 0) is 19.1 Å². The van der Waals surface area contributed by atoms with E-state index < -0.39 is 10.0 Å². The molecule has 0 radical (unpaired) electrons. The molecule has 0 unspecified atom stereocenters. The second-order valence-electron chi connectivity index (χ2n) is 4.57. The van der Waals surface area contributed by atoms with Crippen LogP contribution in [0.1, 0.15) is 12.6 Å². The Bertz CT molecular complexity index is 699. The molecule has 1 heterocycles. The molecule has 2 rings (SSSR count). The predicted octanol–water partition coefficient (Wildman–Crippen LogP) is 1.89. The molecule has 0 aliphatic rings. The second kappa shape index (κ2) is 6.19. The molecule has 1 aromatic carbocycles. The third-order valence-electron chi connectivity index (χ3n) is 2.89. The monoisotopic (exact) mass is 293 g/mol. The van der Waals surface area contributed by atoms with Crippen LogP contribution in [-0.2, 0) is 10.0 Å². The van der Waals surface area contributed by atoms with Gasteiger partial charge in [0.25, 0.3) is 0 Å². The number of nitrogens with one attached hydrogen (secondary N) is 2. The van der Waals surface area contributed by atoms with E-state index in [-0.39, 0.29) is 5.75 Å². The van der Waals surface area contributed by atoms with Gasteiger partial charge in [-0.1, -0.05) is 25.1 Å². The van der Waals surface area contributed by atoms with Crippen LogP contribution in [0.25, 0.3) is 10.9 Å². The number of nitrogens with zero attached hydrogens (tertiary/aromatic N) is 1. The number of aryl methyl sites for hydroxylation is 1. The summed E-state index contributed by atoms with van der Waals surface area (Å²) >= 11 is 0. The molecule has 0 spiro atoms. The van der Waals surface area contributed by atoms with Crippen molar-refractivity contribution in [2.24, 2.45) is 0 Å². The van der Waals surface area contributed by atoms with E-state index in [1.807, 2.05) is 37.3 Å². The lowest BCUT2D eigenvalue weighted by atomic mass is 10.1. The van der Waals surface area contributed by atoms with E-state index in [9.17, 15) is 8.42 Å². The molecule has 0 atom stereocenters. The van der Waals surface area contributed by atoms with Crippen molar-refractivity contribution in [3.05, 3.63) is 36.0 Å². The lowest BCUT2D eigenvalue weighted by Crippen LogP contribution is -2.29. The second-order valence-corrected chi connectivity index (χ2v) is 6.50. The molecule has 108 valence electrons. The molecule has 0 aliphatic heterocycles. The zero-order valence-electron chi connectivity index (χ0n) is 11.7. The fraction of sp³-hybridized carbons (Fsp3) is 0.357. The van der Waals surface area contributed by atoms with Crippen molar-refractivity contribution in [1.29, 1.82) is 0 Å². The summed E-state index contributed by atoms with van der Waals surface area (Å²) in [5.74, 6) is 0.0521. The minimum absolute atomic E-state index is 0.0521. The highest BCUT2D eigenvalue weighted by molar-refractivity contribution is 7.89. The van der Waals surface area contributed by atoms with Gasteiger partial charge < -0.3 is 5.32 Å². The first-order chi connectivity index (χ1) is 9.52. The van der Waals surface area contributed by atoms with Crippen LogP contribution in [-0.4, -0.2) is 32.2 Å². The molecule has 2 aromatic rings. The Labute approximate surface area is 119 Å². The van der Waals surface area contributed by atoms with Crippen molar-refractivity contribution in [3.63, 3.8) is 0 Å². The van der Waals surface area contributed by atoms with E-state index in [4.69, 9.17) is 0 Å². The summed E-state index contributed by atoms with van der Waals surface area (Å²) in [5.41, 5.74) is 2.73. The molecule has 1 aromatic heterocycles. The van der Waals surface area contributed by atoms with Crippen LogP contribution in [0.5, 0.6) is 0 Å².